The molecule has 0 aliphatic carbocycles. The van der Waals surface area contributed by atoms with Gasteiger partial charge in [0.15, 0.2) is 12.2 Å². The van der Waals surface area contributed by atoms with Gasteiger partial charge in [0.2, 0.25) is 0 Å². The largest absolute Gasteiger partial charge is 0.472 e. The summed E-state index contributed by atoms with van der Waals surface area (Å²) in [5, 5.41) is 10.7. The van der Waals surface area contributed by atoms with Crippen LogP contribution in [0.1, 0.15) is 465 Å². The van der Waals surface area contributed by atoms with E-state index in [9.17, 15) is 43.2 Å². The van der Waals surface area contributed by atoms with Crippen molar-refractivity contribution in [2.24, 2.45) is 5.92 Å². The maximum Gasteiger partial charge on any atom is 0.472 e. The molecule has 0 aromatic carbocycles. The van der Waals surface area contributed by atoms with Gasteiger partial charge < -0.3 is 33.8 Å². The number of hydrogen-bond acceptors (Lipinski definition) is 15. The average molecular weight is 1540 g/mol. The molecule has 17 nitrogen and oxygen atoms in total. The molecule has 0 aliphatic heterocycles. The Bertz CT molecular complexity index is 2000. The summed E-state index contributed by atoms with van der Waals surface area (Å²) in [6, 6.07) is 0. The number of hydrogen-bond donors (Lipinski definition) is 3. The number of rotatable bonds is 86. The number of aliphatic hydroxyl groups is 1. The van der Waals surface area contributed by atoms with Crippen LogP contribution in [0.25, 0.3) is 0 Å². The molecule has 0 radical (unpaired) electrons. The van der Waals surface area contributed by atoms with E-state index in [2.05, 4.69) is 34.6 Å². The molecule has 0 aliphatic rings. The van der Waals surface area contributed by atoms with Gasteiger partial charge in [-0.15, -0.1) is 0 Å². The van der Waals surface area contributed by atoms with Crippen molar-refractivity contribution >= 4 is 39.5 Å². The number of carbonyl (C=O) groups excluding carboxylic acids is 4. The minimum Gasteiger partial charge on any atom is -0.462 e. The molecule has 0 bridgehead atoms. The van der Waals surface area contributed by atoms with E-state index in [1.807, 2.05) is 0 Å². The lowest BCUT2D eigenvalue weighted by Gasteiger charge is -2.21. The topological polar surface area (TPSA) is 237 Å². The van der Waals surface area contributed by atoms with Crippen LogP contribution in [0, 0.1) is 5.92 Å². The molecular weight excluding hydrogens is 1370 g/mol. The summed E-state index contributed by atoms with van der Waals surface area (Å²) < 4.78 is 68.9. The SMILES string of the molecule is CCCCCCCCCCCCCCCCCCCCCCCC(=O)O[C@H](COC(=O)CCCCCCCCCCCCCCCCCC(C)C)COP(=O)(O)OC[C@@H](O)COP(=O)(O)OC[C@@H](COC(=O)CCCCCCCCCCCCC)OC(=O)CCCCCCCCCCCCCCCCC. The van der Waals surface area contributed by atoms with E-state index >= 15 is 0 Å². The van der Waals surface area contributed by atoms with E-state index in [0.717, 1.165) is 95.8 Å². The van der Waals surface area contributed by atoms with Crippen LogP contribution in [0.3, 0.4) is 0 Å². The van der Waals surface area contributed by atoms with Gasteiger partial charge in [0.05, 0.1) is 26.4 Å². The summed E-state index contributed by atoms with van der Waals surface area (Å²) in [7, 11) is -9.93. The molecule has 0 aromatic rings. The first-order valence-electron chi connectivity index (χ1n) is 44.6. The fraction of sp³-hybridized carbons (Fsp3) is 0.953. The first-order chi connectivity index (χ1) is 51.0. The Labute approximate surface area is 645 Å². The van der Waals surface area contributed by atoms with Crippen LogP contribution >= 0.6 is 15.6 Å². The number of ether oxygens (including phenoxy) is 4. The molecule has 0 rings (SSSR count). The van der Waals surface area contributed by atoms with Crippen molar-refractivity contribution < 1.29 is 80.2 Å². The fourth-order valence-corrected chi connectivity index (χ4v) is 15.1. The van der Waals surface area contributed by atoms with Crippen LogP contribution < -0.4 is 0 Å². The number of phosphoric ester groups is 2. The number of phosphoric acid groups is 2. The van der Waals surface area contributed by atoms with E-state index in [-0.39, 0.29) is 25.7 Å². The molecule has 3 N–H and O–H groups in total. The Morgan fingerprint density at radius 3 is 0.648 bits per heavy atom. The molecule has 19 heteroatoms. The maximum atomic E-state index is 13.1. The lowest BCUT2D eigenvalue weighted by atomic mass is 10.0. The molecule has 624 valence electrons. The minimum absolute atomic E-state index is 0.109. The fourth-order valence-electron chi connectivity index (χ4n) is 13.5. The third kappa shape index (κ3) is 79.9. The number of carbonyl (C=O) groups is 4. The Morgan fingerprint density at radius 1 is 0.257 bits per heavy atom. The summed E-state index contributed by atoms with van der Waals surface area (Å²) in [4.78, 5) is 73.2. The van der Waals surface area contributed by atoms with Gasteiger partial charge in [-0.05, 0) is 31.6 Å². The van der Waals surface area contributed by atoms with Gasteiger partial charge in [0.25, 0.3) is 0 Å². The second-order valence-electron chi connectivity index (χ2n) is 31.4. The predicted molar refractivity (Wildman–Crippen MR) is 432 cm³/mol. The molecule has 0 saturated carbocycles. The van der Waals surface area contributed by atoms with E-state index in [4.69, 9.17) is 37.0 Å². The minimum atomic E-state index is -4.97. The van der Waals surface area contributed by atoms with Crippen LogP contribution in [0.2, 0.25) is 0 Å². The Hall–Kier alpha value is -1.94. The standard InChI is InChI=1S/C86H168O17P2/c1-6-9-12-15-18-21-24-26-28-29-30-31-32-33-37-42-47-52-57-62-67-72-86(91)103-82(76-97-84(89)70-65-60-55-50-45-40-38-34-36-39-44-48-53-58-63-68-79(4)5)78-101-105(94,95)99-74-80(87)73-98-104(92,93)100-77-81(75-96-83(88)69-64-59-54-49-43-23-20-17-14-11-8-3)102-85(90)71-66-61-56-51-46-41-35-27-25-22-19-16-13-10-7-2/h79-82,87H,6-78H2,1-5H3,(H,92,93)(H,94,95)/t80-,81+,82+/m0/s1. The lowest BCUT2D eigenvalue weighted by Crippen LogP contribution is -2.30. The van der Waals surface area contributed by atoms with E-state index < -0.39 is 97.5 Å². The summed E-state index contributed by atoms with van der Waals surface area (Å²) in [5.74, 6) is -1.29. The highest BCUT2D eigenvalue weighted by Gasteiger charge is 2.30. The van der Waals surface area contributed by atoms with Crippen LogP contribution in [0.15, 0.2) is 0 Å². The summed E-state index contributed by atoms with van der Waals surface area (Å²) in [6.07, 6.45) is 72.1. The Morgan fingerprint density at radius 2 is 0.438 bits per heavy atom. The molecule has 0 amide bonds. The zero-order valence-electron chi connectivity index (χ0n) is 68.9. The predicted octanol–water partition coefficient (Wildman–Crippen LogP) is 26.4. The van der Waals surface area contributed by atoms with Crippen molar-refractivity contribution in [2.75, 3.05) is 39.6 Å². The Balaban J connectivity index is 5.23. The van der Waals surface area contributed by atoms with Gasteiger partial charge >= 0.3 is 39.5 Å². The van der Waals surface area contributed by atoms with Gasteiger partial charge in [-0.3, -0.25) is 37.3 Å². The third-order valence-corrected chi connectivity index (χ3v) is 22.2. The van der Waals surface area contributed by atoms with Crippen molar-refractivity contribution in [3.05, 3.63) is 0 Å². The normalized spacial score (nSPS) is 13.8. The average Bonchev–Trinajstić information content (AvgIpc) is 0.914. The van der Waals surface area contributed by atoms with Crippen LogP contribution in [-0.4, -0.2) is 96.7 Å². The summed E-state index contributed by atoms with van der Waals surface area (Å²) in [5.41, 5.74) is 0. The Kier molecular flexibility index (Phi) is 77.3. The smallest absolute Gasteiger partial charge is 0.462 e. The second-order valence-corrected chi connectivity index (χ2v) is 34.3. The number of unbranched alkanes of at least 4 members (excludes halogenated alkanes) is 58. The summed E-state index contributed by atoms with van der Waals surface area (Å²) in [6.45, 7) is 7.39. The quantitative estimate of drug-likeness (QED) is 0.0222. The zero-order chi connectivity index (χ0) is 76.9. The molecule has 105 heavy (non-hydrogen) atoms. The first kappa shape index (κ1) is 103. The maximum absolute atomic E-state index is 13.1. The number of esters is 4. The van der Waals surface area contributed by atoms with Gasteiger partial charge in [-0.25, -0.2) is 9.13 Å². The van der Waals surface area contributed by atoms with Crippen LogP contribution in [-0.2, 0) is 65.4 Å². The highest BCUT2D eigenvalue weighted by molar-refractivity contribution is 7.47. The van der Waals surface area contributed by atoms with Crippen LogP contribution in [0.5, 0.6) is 0 Å². The van der Waals surface area contributed by atoms with E-state index in [1.165, 1.54) is 289 Å². The zero-order valence-corrected chi connectivity index (χ0v) is 70.7. The molecular formula is C86H168O17P2. The molecule has 0 saturated heterocycles. The van der Waals surface area contributed by atoms with E-state index in [0.29, 0.717) is 25.7 Å². The monoisotopic (exact) mass is 1540 g/mol. The molecule has 0 spiro atoms. The molecule has 0 aromatic heterocycles. The first-order valence-corrected chi connectivity index (χ1v) is 47.6. The van der Waals surface area contributed by atoms with Crippen LogP contribution in [0.4, 0.5) is 0 Å². The highest BCUT2D eigenvalue weighted by Crippen LogP contribution is 2.45. The van der Waals surface area contributed by atoms with Gasteiger partial charge in [0.1, 0.15) is 19.3 Å². The third-order valence-electron chi connectivity index (χ3n) is 20.3. The van der Waals surface area contributed by atoms with Gasteiger partial charge in [-0.1, -0.05) is 413 Å². The van der Waals surface area contributed by atoms with Crippen molar-refractivity contribution in [3.63, 3.8) is 0 Å². The molecule has 2 unspecified atom stereocenters. The molecule has 0 fully saturated rings. The highest BCUT2D eigenvalue weighted by atomic mass is 31.2. The van der Waals surface area contributed by atoms with Crippen molar-refractivity contribution in [3.8, 4) is 0 Å². The second kappa shape index (κ2) is 78.7. The van der Waals surface area contributed by atoms with Crippen molar-refractivity contribution in [2.45, 2.75) is 483 Å². The lowest BCUT2D eigenvalue weighted by molar-refractivity contribution is -0.161. The van der Waals surface area contributed by atoms with Crippen molar-refractivity contribution in [1.82, 2.24) is 0 Å². The summed E-state index contributed by atoms with van der Waals surface area (Å²) >= 11 is 0. The van der Waals surface area contributed by atoms with Gasteiger partial charge in [0, 0.05) is 25.7 Å². The molecule has 5 atom stereocenters. The van der Waals surface area contributed by atoms with E-state index in [1.54, 1.807) is 0 Å². The number of aliphatic hydroxyl groups excluding tert-OH is 1. The molecule has 0 heterocycles. The van der Waals surface area contributed by atoms with Gasteiger partial charge in [-0.2, -0.15) is 0 Å². The van der Waals surface area contributed by atoms with Crippen molar-refractivity contribution in [1.29, 1.82) is 0 Å².